The number of carbonyl (C=O) groups is 2. The van der Waals surface area contributed by atoms with Gasteiger partial charge in [0.2, 0.25) is 0 Å². The van der Waals surface area contributed by atoms with Gasteiger partial charge in [0.1, 0.15) is 17.3 Å². The minimum absolute atomic E-state index is 0.0674. The van der Waals surface area contributed by atoms with E-state index in [4.69, 9.17) is 21.1 Å². The van der Waals surface area contributed by atoms with Crippen molar-refractivity contribution in [2.24, 2.45) is 0 Å². The van der Waals surface area contributed by atoms with Gasteiger partial charge < -0.3 is 14.6 Å². The molecule has 3 aromatic rings. The number of hydrogen-bond donors (Lipinski definition) is 1. The maximum Gasteiger partial charge on any atom is 0.300 e. The summed E-state index contributed by atoms with van der Waals surface area (Å²) in [5, 5.41) is 11.5. The van der Waals surface area contributed by atoms with E-state index in [-0.39, 0.29) is 21.9 Å². The number of methoxy groups -OCH3 is 2. The summed E-state index contributed by atoms with van der Waals surface area (Å²) in [6.45, 7) is 0. The molecule has 1 N–H and O–H groups in total. The lowest BCUT2D eigenvalue weighted by Crippen LogP contribution is -2.29. The molecule has 7 heteroatoms. The number of nitrogens with zero attached hydrogens (tertiary/aromatic N) is 1. The molecule has 1 atom stereocenters. The maximum absolute atomic E-state index is 13.2. The third kappa shape index (κ3) is 3.69. The Hall–Kier alpha value is -3.77. The predicted octanol–water partition coefficient (Wildman–Crippen LogP) is 4.98. The highest BCUT2D eigenvalue weighted by Gasteiger charge is 2.47. The van der Waals surface area contributed by atoms with Crippen molar-refractivity contribution in [1.82, 2.24) is 0 Å². The number of ketones is 1. The van der Waals surface area contributed by atoms with Crippen LogP contribution in [0.25, 0.3) is 5.76 Å². The van der Waals surface area contributed by atoms with Crippen LogP contribution in [-0.4, -0.2) is 31.0 Å². The fourth-order valence-electron chi connectivity index (χ4n) is 3.77. The first-order valence-electron chi connectivity index (χ1n) is 9.80. The topological polar surface area (TPSA) is 76.1 Å². The van der Waals surface area contributed by atoms with Crippen LogP contribution >= 0.6 is 11.6 Å². The summed E-state index contributed by atoms with van der Waals surface area (Å²) in [6, 6.07) is 19.7. The summed E-state index contributed by atoms with van der Waals surface area (Å²) >= 11 is 6.33. The van der Waals surface area contributed by atoms with E-state index >= 15 is 0 Å². The summed E-state index contributed by atoms with van der Waals surface area (Å²) in [5.41, 5.74) is 1.26. The molecule has 6 nitrogen and oxygen atoms in total. The lowest BCUT2D eigenvalue weighted by Gasteiger charge is -2.25. The molecule has 0 aromatic heterocycles. The molecule has 0 bridgehead atoms. The maximum atomic E-state index is 13.2. The number of carbonyl (C=O) groups excluding carboxylic acids is 2. The van der Waals surface area contributed by atoms with E-state index in [1.165, 1.54) is 25.2 Å². The number of ether oxygens (including phenoxy) is 2. The number of aliphatic hydroxyl groups is 1. The van der Waals surface area contributed by atoms with Crippen molar-refractivity contribution in [3.63, 3.8) is 0 Å². The Kier molecular flexibility index (Phi) is 5.88. The van der Waals surface area contributed by atoms with Crippen LogP contribution in [0.1, 0.15) is 17.2 Å². The van der Waals surface area contributed by atoms with Crippen LogP contribution in [0.2, 0.25) is 5.02 Å². The van der Waals surface area contributed by atoms with Crippen molar-refractivity contribution in [3.05, 3.63) is 94.5 Å². The molecule has 1 heterocycles. The van der Waals surface area contributed by atoms with Gasteiger partial charge in [-0.15, -0.1) is 0 Å². The van der Waals surface area contributed by atoms with Gasteiger partial charge in [0.05, 0.1) is 30.9 Å². The smallest absolute Gasteiger partial charge is 0.300 e. The van der Waals surface area contributed by atoms with Gasteiger partial charge in [-0.1, -0.05) is 41.9 Å². The number of aliphatic hydroxyl groups excluding tert-OH is 1. The van der Waals surface area contributed by atoms with E-state index in [1.54, 1.807) is 60.7 Å². The van der Waals surface area contributed by atoms with Crippen molar-refractivity contribution in [1.29, 1.82) is 0 Å². The van der Waals surface area contributed by atoms with E-state index in [9.17, 15) is 14.7 Å². The number of amides is 1. The second-order valence-electron chi connectivity index (χ2n) is 7.13. The number of Topliss-reactive ketones (excluding diaryl/α,β-unsaturated/α-hetero) is 1. The number of para-hydroxylation sites is 1. The monoisotopic (exact) mass is 449 g/mol. The summed E-state index contributed by atoms with van der Waals surface area (Å²) in [4.78, 5) is 27.7. The second kappa shape index (κ2) is 8.77. The standard InChI is InChI=1S/C25H20ClNO5/c1-31-17-10-6-7-15(13-17)22-21(23(28)19-14-18(32-2)11-12-20(19)26)24(29)25(30)27(22)16-8-4-3-5-9-16/h3-14,22,28H,1-2H3/b23-21+. The zero-order chi connectivity index (χ0) is 22.8. The molecule has 0 saturated carbocycles. The van der Waals surface area contributed by atoms with E-state index in [2.05, 4.69) is 0 Å². The van der Waals surface area contributed by atoms with E-state index < -0.39 is 17.7 Å². The quantitative estimate of drug-likeness (QED) is 0.337. The molecule has 4 rings (SSSR count). The Labute approximate surface area is 190 Å². The minimum Gasteiger partial charge on any atom is -0.507 e. The van der Waals surface area contributed by atoms with Crippen molar-refractivity contribution < 1.29 is 24.2 Å². The molecular weight excluding hydrogens is 430 g/mol. The fourth-order valence-corrected chi connectivity index (χ4v) is 3.98. The highest BCUT2D eigenvalue weighted by Crippen LogP contribution is 2.43. The SMILES string of the molecule is COc1cccc(C2/C(=C(\O)c3cc(OC)ccc3Cl)C(=O)C(=O)N2c2ccccc2)c1. The van der Waals surface area contributed by atoms with Gasteiger partial charge >= 0.3 is 0 Å². The number of benzene rings is 3. The lowest BCUT2D eigenvalue weighted by atomic mass is 9.95. The molecule has 0 radical (unpaired) electrons. The molecule has 1 fully saturated rings. The zero-order valence-corrected chi connectivity index (χ0v) is 18.2. The Bertz CT molecular complexity index is 1220. The molecule has 0 spiro atoms. The van der Waals surface area contributed by atoms with E-state index in [0.29, 0.717) is 22.7 Å². The Balaban J connectivity index is 1.98. The molecule has 1 unspecified atom stereocenters. The first kappa shape index (κ1) is 21.5. The van der Waals surface area contributed by atoms with Crippen LogP contribution in [-0.2, 0) is 9.59 Å². The second-order valence-corrected chi connectivity index (χ2v) is 7.53. The van der Waals surface area contributed by atoms with Crippen molar-refractivity contribution >= 4 is 34.7 Å². The number of hydrogen-bond acceptors (Lipinski definition) is 5. The molecule has 1 amide bonds. The largest absolute Gasteiger partial charge is 0.507 e. The Morgan fingerprint density at radius 3 is 2.28 bits per heavy atom. The van der Waals surface area contributed by atoms with Gasteiger partial charge in [0.25, 0.3) is 11.7 Å². The molecule has 32 heavy (non-hydrogen) atoms. The van der Waals surface area contributed by atoms with Crippen LogP contribution in [0.4, 0.5) is 5.69 Å². The summed E-state index contributed by atoms with van der Waals surface area (Å²) in [7, 11) is 3.01. The third-order valence-electron chi connectivity index (χ3n) is 5.32. The zero-order valence-electron chi connectivity index (χ0n) is 17.4. The fraction of sp³-hybridized carbons (Fsp3) is 0.120. The minimum atomic E-state index is -0.880. The van der Waals surface area contributed by atoms with Gasteiger partial charge in [-0.3, -0.25) is 14.5 Å². The van der Waals surface area contributed by atoms with Crippen LogP contribution in [0, 0.1) is 0 Å². The highest BCUT2D eigenvalue weighted by molar-refractivity contribution is 6.52. The molecular formula is C25H20ClNO5. The van der Waals surface area contributed by atoms with Crippen LogP contribution in [0.3, 0.4) is 0 Å². The van der Waals surface area contributed by atoms with Gasteiger partial charge in [-0.05, 0) is 48.0 Å². The first-order valence-corrected chi connectivity index (χ1v) is 10.2. The summed E-state index contributed by atoms with van der Waals surface area (Å²) < 4.78 is 10.6. The number of rotatable bonds is 5. The number of halogens is 1. The van der Waals surface area contributed by atoms with E-state index in [1.807, 2.05) is 6.07 Å². The van der Waals surface area contributed by atoms with Crippen molar-refractivity contribution in [3.8, 4) is 11.5 Å². The summed E-state index contributed by atoms with van der Waals surface area (Å²) in [5.74, 6) is -0.923. The molecule has 1 saturated heterocycles. The van der Waals surface area contributed by atoms with E-state index in [0.717, 1.165) is 0 Å². The van der Waals surface area contributed by atoms with Gasteiger partial charge in [-0.25, -0.2) is 0 Å². The average Bonchev–Trinajstić information content (AvgIpc) is 3.10. The van der Waals surface area contributed by atoms with Crippen LogP contribution in [0.5, 0.6) is 11.5 Å². The average molecular weight is 450 g/mol. The van der Waals surface area contributed by atoms with Crippen LogP contribution in [0.15, 0.2) is 78.4 Å². The van der Waals surface area contributed by atoms with Crippen molar-refractivity contribution in [2.45, 2.75) is 6.04 Å². The predicted molar refractivity (Wildman–Crippen MR) is 122 cm³/mol. The molecule has 1 aliphatic heterocycles. The van der Waals surface area contributed by atoms with Crippen LogP contribution < -0.4 is 14.4 Å². The lowest BCUT2D eigenvalue weighted by molar-refractivity contribution is -0.132. The van der Waals surface area contributed by atoms with Gasteiger partial charge in [0.15, 0.2) is 0 Å². The Morgan fingerprint density at radius 1 is 0.906 bits per heavy atom. The van der Waals surface area contributed by atoms with Gasteiger partial charge in [-0.2, -0.15) is 0 Å². The third-order valence-corrected chi connectivity index (χ3v) is 5.65. The molecule has 0 aliphatic carbocycles. The Morgan fingerprint density at radius 2 is 1.59 bits per heavy atom. The molecule has 162 valence electrons. The normalized spacial score (nSPS) is 17.5. The summed E-state index contributed by atoms with van der Waals surface area (Å²) in [6.07, 6.45) is 0. The van der Waals surface area contributed by atoms with Crippen molar-refractivity contribution in [2.75, 3.05) is 19.1 Å². The number of anilines is 1. The first-order chi connectivity index (χ1) is 15.5. The highest BCUT2D eigenvalue weighted by atomic mass is 35.5. The van der Waals surface area contributed by atoms with Gasteiger partial charge in [0, 0.05) is 11.3 Å². The molecule has 1 aliphatic rings. The molecule has 3 aromatic carbocycles.